The number of aromatic nitrogens is 1. The van der Waals surface area contributed by atoms with Crippen LogP contribution in [0.1, 0.15) is 41.4 Å². The number of carbonyl (C=O) groups is 1. The minimum absolute atomic E-state index is 0.0190. The van der Waals surface area contributed by atoms with Gasteiger partial charge in [0.25, 0.3) is 5.91 Å². The number of rotatable bonds is 3. The van der Waals surface area contributed by atoms with Gasteiger partial charge in [0, 0.05) is 30.8 Å². The second-order valence-electron chi connectivity index (χ2n) is 7.50. The lowest BCUT2D eigenvalue weighted by molar-refractivity contribution is 0.0619. The van der Waals surface area contributed by atoms with E-state index < -0.39 is 0 Å². The topological polar surface area (TPSA) is 57.7 Å². The molecule has 1 fully saturated rings. The molecule has 1 aromatic carbocycles. The van der Waals surface area contributed by atoms with Gasteiger partial charge in [-0.2, -0.15) is 0 Å². The van der Waals surface area contributed by atoms with Crippen LogP contribution in [0.3, 0.4) is 0 Å². The summed E-state index contributed by atoms with van der Waals surface area (Å²) in [6, 6.07) is 7.82. The lowest BCUT2D eigenvalue weighted by Gasteiger charge is -2.35. The predicted molar refractivity (Wildman–Crippen MR) is 101 cm³/mol. The van der Waals surface area contributed by atoms with E-state index in [0.717, 1.165) is 30.6 Å². The molecule has 6 heteroatoms. The normalized spacial score (nSPS) is 25.2. The second kappa shape index (κ2) is 7.18. The Morgan fingerprint density at radius 1 is 1.33 bits per heavy atom. The molecule has 2 aliphatic heterocycles. The zero-order valence-electron chi connectivity index (χ0n) is 15.6. The fourth-order valence-corrected chi connectivity index (χ4v) is 4.01. The number of nitrogens with one attached hydrogen (secondary N) is 1. The van der Waals surface area contributed by atoms with Crippen molar-refractivity contribution < 1.29 is 13.9 Å². The SMILES string of the molecule is Cc1c[nH]c(C2=NC([C@H]3CCCN(C(=O)c4ccc(F)cc4)C3)C(C)O2)c1. The van der Waals surface area contributed by atoms with Crippen molar-refractivity contribution in [2.24, 2.45) is 10.9 Å². The summed E-state index contributed by atoms with van der Waals surface area (Å²) in [5.74, 6) is 0.533. The molecule has 2 unspecified atom stereocenters. The third-order valence-electron chi connectivity index (χ3n) is 5.42. The highest BCUT2D eigenvalue weighted by atomic mass is 19.1. The molecule has 2 aliphatic rings. The van der Waals surface area contributed by atoms with Gasteiger partial charge >= 0.3 is 0 Å². The van der Waals surface area contributed by atoms with E-state index in [4.69, 9.17) is 9.73 Å². The number of aromatic amines is 1. The number of ether oxygens (including phenoxy) is 1. The molecule has 1 saturated heterocycles. The maximum atomic E-state index is 13.1. The summed E-state index contributed by atoms with van der Waals surface area (Å²) in [6.07, 6.45) is 3.87. The van der Waals surface area contributed by atoms with Gasteiger partial charge in [-0.05, 0) is 62.6 Å². The van der Waals surface area contributed by atoms with Gasteiger partial charge in [-0.15, -0.1) is 0 Å². The highest BCUT2D eigenvalue weighted by Gasteiger charge is 2.38. The molecule has 1 amide bonds. The van der Waals surface area contributed by atoms with E-state index in [1.54, 1.807) is 12.1 Å². The van der Waals surface area contributed by atoms with Crippen LogP contribution in [0.15, 0.2) is 41.5 Å². The van der Waals surface area contributed by atoms with E-state index >= 15 is 0 Å². The molecular weight excluding hydrogens is 345 g/mol. The number of likely N-dealkylation sites (tertiary alicyclic amines) is 1. The van der Waals surface area contributed by atoms with Crippen molar-refractivity contribution in [3.8, 4) is 0 Å². The summed E-state index contributed by atoms with van der Waals surface area (Å²) in [4.78, 5) is 22.7. The summed E-state index contributed by atoms with van der Waals surface area (Å²) < 4.78 is 19.1. The van der Waals surface area contributed by atoms with Gasteiger partial charge in [0.05, 0.1) is 6.04 Å². The number of aliphatic imine (C=N–C) groups is 1. The molecule has 1 N–H and O–H groups in total. The van der Waals surface area contributed by atoms with Gasteiger partial charge in [0.2, 0.25) is 5.90 Å². The Balaban J connectivity index is 1.48. The van der Waals surface area contributed by atoms with Crippen molar-refractivity contribution in [1.82, 2.24) is 9.88 Å². The predicted octanol–water partition coefficient (Wildman–Crippen LogP) is 3.55. The van der Waals surface area contributed by atoms with Crippen LogP contribution < -0.4 is 0 Å². The number of piperidine rings is 1. The molecule has 5 nitrogen and oxygen atoms in total. The summed E-state index contributed by atoms with van der Waals surface area (Å²) in [5, 5.41) is 0. The lowest BCUT2D eigenvalue weighted by Crippen LogP contribution is -2.44. The van der Waals surface area contributed by atoms with Crippen molar-refractivity contribution in [1.29, 1.82) is 0 Å². The fraction of sp³-hybridized carbons (Fsp3) is 0.429. The smallest absolute Gasteiger partial charge is 0.253 e. The number of nitrogens with zero attached hydrogens (tertiary/aromatic N) is 2. The zero-order chi connectivity index (χ0) is 19.0. The van der Waals surface area contributed by atoms with E-state index in [-0.39, 0.29) is 29.8 Å². The number of hydrogen-bond acceptors (Lipinski definition) is 3. The van der Waals surface area contributed by atoms with Crippen LogP contribution in [0.25, 0.3) is 0 Å². The highest BCUT2D eigenvalue weighted by molar-refractivity contribution is 5.94. The van der Waals surface area contributed by atoms with Gasteiger partial charge in [-0.1, -0.05) is 0 Å². The quantitative estimate of drug-likeness (QED) is 0.900. The summed E-state index contributed by atoms with van der Waals surface area (Å²) in [7, 11) is 0. The van der Waals surface area contributed by atoms with Gasteiger partial charge in [0.1, 0.15) is 17.6 Å². The molecule has 3 atom stereocenters. The zero-order valence-corrected chi connectivity index (χ0v) is 15.6. The van der Waals surface area contributed by atoms with Crippen LogP contribution in [-0.2, 0) is 4.74 Å². The summed E-state index contributed by atoms with van der Waals surface area (Å²) in [6.45, 7) is 5.43. The van der Waals surface area contributed by atoms with Gasteiger partial charge < -0.3 is 14.6 Å². The first-order valence-electron chi connectivity index (χ1n) is 9.46. The van der Waals surface area contributed by atoms with Gasteiger partial charge in [-0.3, -0.25) is 4.79 Å². The van der Waals surface area contributed by atoms with Crippen molar-refractivity contribution in [2.75, 3.05) is 13.1 Å². The molecule has 142 valence electrons. The Hall–Kier alpha value is -2.63. The van der Waals surface area contributed by atoms with Crippen LogP contribution in [0, 0.1) is 18.7 Å². The molecule has 0 radical (unpaired) electrons. The van der Waals surface area contributed by atoms with Crippen LogP contribution in [0.2, 0.25) is 0 Å². The van der Waals surface area contributed by atoms with Crippen molar-refractivity contribution in [3.05, 3.63) is 59.2 Å². The minimum Gasteiger partial charge on any atom is -0.471 e. The molecule has 27 heavy (non-hydrogen) atoms. The maximum Gasteiger partial charge on any atom is 0.253 e. The maximum absolute atomic E-state index is 13.1. The number of carbonyl (C=O) groups excluding carboxylic acids is 1. The number of amides is 1. The molecule has 3 heterocycles. The van der Waals surface area contributed by atoms with Crippen molar-refractivity contribution in [2.45, 2.75) is 38.8 Å². The minimum atomic E-state index is -0.332. The van der Waals surface area contributed by atoms with Crippen LogP contribution >= 0.6 is 0 Å². The lowest BCUT2D eigenvalue weighted by atomic mass is 9.88. The van der Waals surface area contributed by atoms with Crippen LogP contribution in [0.4, 0.5) is 4.39 Å². The number of benzene rings is 1. The summed E-state index contributed by atoms with van der Waals surface area (Å²) >= 11 is 0. The Morgan fingerprint density at radius 3 is 2.81 bits per heavy atom. The van der Waals surface area contributed by atoms with Gasteiger partial charge in [0.15, 0.2) is 0 Å². The number of halogens is 1. The molecule has 0 bridgehead atoms. The van der Waals surface area contributed by atoms with E-state index in [0.29, 0.717) is 18.0 Å². The van der Waals surface area contributed by atoms with Crippen LogP contribution in [0.5, 0.6) is 0 Å². The highest BCUT2D eigenvalue weighted by Crippen LogP contribution is 2.30. The Kier molecular flexibility index (Phi) is 4.72. The first-order valence-corrected chi connectivity index (χ1v) is 9.46. The van der Waals surface area contributed by atoms with Gasteiger partial charge in [-0.25, -0.2) is 9.38 Å². The molecule has 0 spiro atoms. The molecule has 1 aromatic heterocycles. The second-order valence-corrected chi connectivity index (χ2v) is 7.50. The van der Waals surface area contributed by atoms with E-state index in [2.05, 4.69) is 4.98 Å². The average molecular weight is 369 g/mol. The fourth-order valence-electron chi connectivity index (χ4n) is 4.01. The molecule has 2 aromatic rings. The monoisotopic (exact) mass is 369 g/mol. The first kappa shape index (κ1) is 17.8. The van der Waals surface area contributed by atoms with E-state index in [1.165, 1.54) is 12.1 Å². The molecular formula is C21H24FN3O2. The summed E-state index contributed by atoms with van der Waals surface area (Å²) in [5.41, 5.74) is 2.57. The van der Waals surface area contributed by atoms with Crippen molar-refractivity contribution in [3.63, 3.8) is 0 Å². The van der Waals surface area contributed by atoms with E-state index in [1.807, 2.05) is 31.0 Å². The molecule has 4 rings (SSSR count). The Morgan fingerprint density at radius 2 is 2.11 bits per heavy atom. The Labute approximate surface area is 158 Å². The number of aryl methyl sites for hydroxylation is 1. The first-order chi connectivity index (χ1) is 13.0. The number of hydrogen-bond donors (Lipinski definition) is 1. The molecule has 0 saturated carbocycles. The number of H-pyrrole nitrogens is 1. The van der Waals surface area contributed by atoms with Crippen LogP contribution in [-0.4, -0.2) is 46.9 Å². The average Bonchev–Trinajstić information content (AvgIpc) is 3.27. The molecule has 0 aliphatic carbocycles. The standard InChI is InChI=1S/C21H24FN3O2/c1-13-10-18(23-11-13)20-24-19(14(2)27-20)16-4-3-9-25(12-16)21(26)15-5-7-17(22)8-6-15/h5-8,10-11,14,16,19,23H,3-4,9,12H2,1-2H3/t14?,16-,19?/m0/s1. The Bertz CT molecular complexity index is 859. The van der Waals surface area contributed by atoms with E-state index in [9.17, 15) is 9.18 Å². The van der Waals surface area contributed by atoms with Crippen molar-refractivity contribution >= 4 is 11.8 Å². The third kappa shape index (κ3) is 3.61. The largest absolute Gasteiger partial charge is 0.471 e. The third-order valence-corrected chi connectivity index (χ3v) is 5.42.